The van der Waals surface area contributed by atoms with Crippen molar-refractivity contribution in [1.29, 1.82) is 0 Å². The quantitative estimate of drug-likeness (QED) is 0.850. The molecule has 2 nitrogen and oxygen atoms in total. The van der Waals surface area contributed by atoms with Gasteiger partial charge in [0.15, 0.2) is 0 Å². The van der Waals surface area contributed by atoms with E-state index in [4.69, 9.17) is 0 Å². The summed E-state index contributed by atoms with van der Waals surface area (Å²) in [6, 6.07) is 4.23. The Morgan fingerprint density at radius 1 is 1.28 bits per heavy atom. The van der Waals surface area contributed by atoms with Crippen molar-refractivity contribution in [3.8, 4) is 0 Å². The van der Waals surface area contributed by atoms with Crippen molar-refractivity contribution < 1.29 is 18.0 Å². The first-order chi connectivity index (χ1) is 8.36. The molecule has 1 aromatic carbocycles. The molecule has 2 rings (SSSR count). The zero-order valence-corrected chi connectivity index (χ0v) is 10.9. The maximum atomic E-state index is 12.3. The molecule has 1 saturated carbocycles. The lowest BCUT2D eigenvalue weighted by Gasteiger charge is -2.14. The Kier molecular flexibility index (Phi) is 3.40. The summed E-state index contributed by atoms with van der Waals surface area (Å²) in [5, 5.41) is 3.48. The van der Waals surface area contributed by atoms with Crippen molar-refractivity contribution in [2.75, 3.05) is 5.33 Å². The van der Waals surface area contributed by atoms with Crippen LogP contribution in [-0.4, -0.2) is 16.8 Å². The number of alkyl halides is 4. The smallest absolute Gasteiger partial charge is 0.346 e. The number of benzene rings is 1. The molecule has 0 radical (unpaired) electrons. The Hall–Kier alpha value is -1.04. The summed E-state index contributed by atoms with van der Waals surface area (Å²) in [4.78, 5) is 11.8. The first-order valence-electron chi connectivity index (χ1n) is 5.42. The van der Waals surface area contributed by atoms with Gasteiger partial charge >= 0.3 is 6.18 Å². The number of rotatable bonds is 3. The maximum Gasteiger partial charge on any atom is 0.416 e. The Bertz CT molecular complexity index is 451. The fourth-order valence-electron chi connectivity index (χ4n) is 1.57. The van der Waals surface area contributed by atoms with Crippen LogP contribution in [0.15, 0.2) is 24.3 Å². The minimum atomic E-state index is -4.37. The molecule has 0 atom stereocenters. The van der Waals surface area contributed by atoms with Crippen molar-refractivity contribution in [2.24, 2.45) is 0 Å². The second-order valence-corrected chi connectivity index (χ2v) is 5.00. The second kappa shape index (κ2) is 4.57. The van der Waals surface area contributed by atoms with E-state index in [0.29, 0.717) is 5.33 Å². The van der Waals surface area contributed by atoms with Crippen LogP contribution >= 0.6 is 15.9 Å². The third kappa shape index (κ3) is 2.85. The fourth-order valence-corrected chi connectivity index (χ4v) is 2.27. The minimum Gasteiger partial charge on any atom is -0.346 e. The summed E-state index contributed by atoms with van der Waals surface area (Å²) in [6.45, 7) is 0. The molecule has 0 heterocycles. The summed E-state index contributed by atoms with van der Waals surface area (Å²) in [6.07, 6.45) is -2.59. The van der Waals surface area contributed by atoms with Gasteiger partial charge in [0.2, 0.25) is 0 Å². The van der Waals surface area contributed by atoms with Crippen molar-refractivity contribution in [2.45, 2.75) is 24.6 Å². The van der Waals surface area contributed by atoms with E-state index in [0.717, 1.165) is 25.0 Å². The van der Waals surface area contributed by atoms with Crippen molar-refractivity contribution >= 4 is 21.8 Å². The Balaban J connectivity index is 2.08. The number of carbonyl (C=O) groups is 1. The standard InChI is InChI=1S/C12H11BrF3NO/c13-7-11(5-6-11)17-10(18)8-1-3-9(4-2-8)12(14,15)16/h1-4H,5-7H2,(H,17,18). The molecule has 1 aliphatic rings. The van der Waals surface area contributed by atoms with Crippen molar-refractivity contribution in [1.82, 2.24) is 5.32 Å². The largest absolute Gasteiger partial charge is 0.416 e. The predicted octanol–water partition coefficient (Wildman–Crippen LogP) is 3.36. The number of halogens is 4. The average molecular weight is 322 g/mol. The first kappa shape index (κ1) is 13.4. The van der Waals surface area contributed by atoms with Crippen LogP contribution in [0, 0.1) is 0 Å². The van der Waals surface area contributed by atoms with E-state index in [9.17, 15) is 18.0 Å². The van der Waals surface area contributed by atoms with Gasteiger partial charge in [-0.3, -0.25) is 4.79 Å². The van der Waals surface area contributed by atoms with Gasteiger partial charge in [0, 0.05) is 10.9 Å². The molecule has 1 fully saturated rings. The Morgan fingerprint density at radius 3 is 2.22 bits per heavy atom. The van der Waals surface area contributed by atoms with E-state index in [2.05, 4.69) is 21.2 Å². The fraction of sp³-hybridized carbons (Fsp3) is 0.417. The first-order valence-corrected chi connectivity index (χ1v) is 6.54. The molecule has 0 bridgehead atoms. The molecular weight excluding hydrogens is 311 g/mol. The van der Waals surface area contributed by atoms with Crippen molar-refractivity contribution in [3.05, 3.63) is 35.4 Å². The molecule has 98 valence electrons. The molecule has 1 aliphatic carbocycles. The summed E-state index contributed by atoms with van der Waals surface area (Å²) in [5.41, 5.74) is -0.712. The number of carbonyl (C=O) groups excluding carboxylic acids is 1. The van der Waals surface area contributed by atoms with Gasteiger partial charge in [0.05, 0.1) is 11.1 Å². The highest BCUT2D eigenvalue weighted by molar-refractivity contribution is 9.09. The zero-order chi connectivity index (χ0) is 13.4. The highest BCUT2D eigenvalue weighted by Crippen LogP contribution is 2.37. The highest BCUT2D eigenvalue weighted by Gasteiger charge is 2.43. The topological polar surface area (TPSA) is 29.1 Å². The van der Waals surface area contributed by atoms with E-state index >= 15 is 0 Å². The zero-order valence-electron chi connectivity index (χ0n) is 9.35. The molecule has 0 aliphatic heterocycles. The monoisotopic (exact) mass is 321 g/mol. The molecule has 1 amide bonds. The molecule has 6 heteroatoms. The van der Waals surface area contributed by atoms with E-state index < -0.39 is 11.7 Å². The van der Waals surface area contributed by atoms with E-state index in [1.165, 1.54) is 12.1 Å². The van der Waals surface area contributed by atoms with Gasteiger partial charge in [-0.1, -0.05) is 15.9 Å². The van der Waals surface area contributed by atoms with Gasteiger partial charge in [-0.05, 0) is 37.1 Å². The Morgan fingerprint density at radius 2 is 1.83 bits per heavy atom. The van der Waals surface area contributed by atoms with Gasteiger partial charge in [-0.15, -0.1) is 0 Å². The molecular formula is C12H11BrF3NO. The van der Waals surface area contributed by atoms with E-state index in [1.807, 2.05) is 0 Å². The van der Waals surface area contributed by atoms with E-state index in [1.54, 1.807) is 0 Å². The van der Waals surface area contributed by atoms with Crippen LogP contribution in [-0.2, 0) is 6.18 Å². The summed E-state index contributed by atoms with van der Waals surface area (Å²) < 4.78 is 37.0. The molecule has 0 saturated heterocycles. The number of hydrogen-bond acceptors (Lipinski definition) is 1. The third-order valence-corrected chi connectivity index (χ3v) is 4.04. The number of hydrogen-bond donors (Lipinski definition) is 1. The summed E-state index contributed by atoms with van der Waals surface area (Å²) in [7, 11) is 0. The predicted molar refractivity (Wildman–Crippen MR) is 64.7 cm³/mol. The molecule has 1 N–H and O–H groups in total. The van der Waals surface area contributed by atoms with Crippen LogP contribution in [0.3, 0.4) is 0 Å². The lowest BCUT2D eigenvalue weighted by molar-refractivity contribution is -0.137. The van der Waals surface area contributed by atoms with Crippen LogP contribution in [0.25, 0.3) is 0 Å². The van der Waals surface area contributed by atoms with Crippen LogP contribution in [0.5, 0.6) is 0 Å². The average Bonchev–Trinajstić information content (AvgIpc) is 3.08. The van der Waals surface area contributed by atoms with Crippen LogP contribution in [0.4, 0.5) is 13.2 Å². The molecule has 18 heavy (non-hydrogen) atoms. The van der Waals surface area contributed by atoms with Gasteiger partial charge in [0.25, 0.3) is 5.91 Å². The highest BCUT2D eigenvalue weighted by atomic mass is 79.9. The minimum absolute atomic E-state index is 0.209. The second-order valence-electron chi connectivity index (χ2n) is 4.44. The van der Waals surface area contributed by atoms with Crippen molar-refractivity contribution in [3.63, 3.8) is 0 Å². The normalized spacial score (nSPS) is 17.3. The van der Waals surface area contributed by atoms with Crippen LogP contribution in [0.1, 0.15) is 28.8 Å². The Labute approximate surface area is 111 Å². The lowest BCUT2D eigenvalue weighted by Crippen LogP contribution is -2.38. The van der Waals surface area contributed by atoms with Gasteiger partial charge in [-0.25, -0.2) is 0 Å². The van der Waals surface area contributed by atoms with Gasteiger partial charge < -0.3 is 5.32 Å². The van der Waals surface area contributed by atoms with Gasteiger partial charge in [-0.2, -0.15) is 13.2 Å². The number of nitrogens with one attached hydrogen (secondary N) is 1. The van der Waals surface area contributed by atoms with Crippen LogP contribution in [0.2, 0.25) is 0 Å². The lowest BCUT2D eigenvalue weighted by atomic mass is 10.1. The molecule has 0 unspecified atom stereocenters. The summed E-state index contributed by atoms with van der Waals surface area (Å²) in [5.74, 6) is -0.333. The number of amides is 1. The molecule has 1 aromatic rings. The summed E-state index contributed by atoms with van der Waals surface area (Å²) >= 11 is 3.31. The van der Waals surface area contributed by atoms with Crippen LogP contribution < -0.4 is 5.32 Å². The molecule has 0 spiro atoms. The third-order valence-electron chi connectivity index (χ3n) is 2.96. The van der Waals surface area contributed by atoms with E-state index in [-0.39, 0.29) is 17.0 Å². The maximum absolute atomic E-state index is 12.3. The SMILES string of the molecule is O=C(NC1(CBr)CC1)c1ccc(C(F)(F)F)cc1. The van der Waals surface area contributed by atoms with Gasteiger partial charge in [0.1, 0.15) is 0 Å². The molecule has 0 aromatic heterocycles.